The Kier molecular flexibility index (Phi) is 10.2. The van der Waals surface area contributed by atoms with Gasteiger partial charge in [-0.05, 0) is 61.6 Å². The van der Waals surface area contributed by atoms with Crippen molar-refractivity contribution in [2.45, 2.75) is 65.6 Å². The molecule has 192 valence electrons. The Hall–Kier alpha value is -2.58. The largest absolute Gasteiger partial charge is 0.352 e. The van der Waals surface area contributed by atoms with Crippen molar-refractivity contribution in [2.75, 3.05) is 17.1 Å². The first kappa shape index (κ1) is 28.7. The van der Waals surface area contributed by atoms with Gasteiger partial charge in [0.15, 0.2) is 0 Å². The summed E-state index contributed by atoms with van der Waals surface area (Å²) in [5.41, 5.74) is 2.24. The summed E-state index contributed by atoms with van der Waals surface area (Å²) in [6.45, 7) is 9.31. The minimum atomic E-state index is -3.76. The molecule has 0 unspecified atom stereocenters. The van der Waals surface area contributed by atoms with Crippen molar-refractivity contribution in [1.82, 2.24) is 10.2 Å². The molecule has 7 nitrogen and oxygen atoms in total. The van der Waals surface area contributed by atoms with E-state index < -0.39 is 28.5 Å². The van der Waals surface area contributed by atoms with Crippen LogP contribution in [-0.4, -0.2) is 50.0 Å². The van der Waals surface area contributed by atoms with Crippen LogP contribution in [0.1, 0.15) is 58.1 Å². The van der Waals surface area contributed by atoms with Gasteiger partial charge in [0, 0.05) is 17.6 Å². The average molecular weight is 522 g/mol. The number of anilines is 1. The van der Waals surface area contributed by atoms with E-state index in [1.54, 1.807) is 43.3 Å². The van der Waals surface area contributed by atoms with Gasteiger partial charge in [0.05, 0.1) is 11.9 Å². The SMILES string of the molecule is CC[C@H](C)NC(=O)[C@H](C)N(Cc1ccc(Cl)cc1)C(=O)CN(c1ccc(C(C)C)cc1)S(C)(=O)=O. The maximum atomic E-state index is 13.5. The fourth-order valence-corrected chi connectivity index (χ4v) is 4.45. The molecule has 2 amide bonds. The molecule has 2 aromatic rings. The normalized spacial score (nSPS) is 13.3. The van der Waals surface area contributed by atoms with Crippen molar-refractivity contribution in [3.8, 4) is 0 Å². The summed E-state index contributed by atoms with van der Waals surface area (Å²) < 4.78 is 26.4. The van der Waals surface area contributed by atoms with Crippen LogP contribution in [0.3, 0.4) is 0 Å². The van der Waals surface area contributed by atoms with Crippen molar-refractivity contribution in [2.24, 2.45) is 0 Å². The zero-order chi connectivity index (χ0) is 26.3. The van der Waals surface area contributed by atoms with Gasteiger partial charge < -0.3 is 10.2 Å². The van der Waals surface area contributed by atoms with Crippen LogP contribution in [0.2, 0.25) is 5.02 Å². The van der Waals surface area contributed by atoms with Gasteiger partial charge in [0.1, 0.15) is 12.6 Å². The molecule has 2 rings (SSSR count). The second-order valence-electron chi connectivity index (χ2n) is 9.16. The third kappa shape index (κ3) is 8.25. The molecule has 0 saturated heterocycles. The number of amides is 2. The highest BCUT2D eigenvalue weighted by Crippen LogP contribution is 2.23. The summed E-state index contributed by atoms with van der Waals surface area (Å²) in [5.74, 6) is -0.490. The molecule has 9 heteroatoms. The molecule has 0 aromatic heterocycles. The zero-order valence-electron chi connectivity index (χ0n) is 21.3. The fraction of sp³-hybridized carbons (Fsp3) is 0.462. The summed E-state index contributed by atoms with van der Waals surface area (Å²) in [6, 6.07) is 13.2. The Morgan fingerprint density at radius 2 is 1.54 bits per heavy atom. The lowest BCUT2D eigenvalue weighted by atomic mass is 10.0. The number of carbonyl (C=O) groups is 2. The lowest BCUT2D eigenvalue weighted by Crippen LogP contribution is -2.52. The molecule has 0 saturated carbocycles. The molecule has 0 fully saturated rings. The fourth-order valence-electron chi connectivity index (χ4n) is 3.47. The van der Waals surface area contributed by atoms with Gasteiger partial charge in [-0.3, -0.25) is 13.9 Å². The second kappa shape index (κ2) is 12.4. The van der Waals surface area contributed by atoms with Crippen molar-refractivity contribution in [3.63, 3.8) is 0 Å². The van der Waals surface area contributed by atoms with Crippen LogP contribution >= 0.6 is 11.6 Å². The summed E-state index contributed by atoms with van der Waals surface area (Å²) >= 11 is 6.00. The van der Waals surface area contributed by atoms with E-state index in [0.717, 1.165) is 28.1 Å². The van der Waals surface area contributed by atoms with Crippen LogP contribution in [0.15, 0.2) is 48.5 Å². The van der Waals surface area contributed by atoms with E-state index in [0.29, 0.717) is 10.7 Å². The Bertz CT molecular complexity index is 1100. The van der Waals surface area contributed by atoms with E-state index in [9.17, 15) is 18.0 Å². The first-order valence-electron chi connectivity index (χ1n) is 11.7. The van der Waals surface area contributed by atoms with E-state index in [4.69, 9.17) is 11.6 Å². The van der Waals surface area contributed by atoms with Gasteiger partial charge in [-0.15, -0.1) is 0 Å². The molecule has 2 aromatic carbocycles. The summed E-state index contributed by atoms with van der Waals surface area (Å²) in [5, 5.41) is 3.46. The lowest BCUT2D eigenvalue weighted by Gasteiger charge is -2.32. The summed E-state index contributed by atoms with van der Waals surface area (Å²) in [7, 11) is -3.76. The van der Waals surface area contributed by atoms with E-state index in [1.165, 1.54) is 4.90 Å². The van der Waals surface area contributed by atoms with Gasteiger partial charge in [-0.1, -0.05) is 56.6 Å². The van der Waals surface area contributed by atoms with Crippen molar-refractivity contribution in [1.29, 1.82) is 0 Å². The van der Waals surface area contributed by atoms with Crippen LogP contribution in [0.4, 0.5) is 5.69 Å². The molecule has 1 N–H and O–H groups in total. The molecule has 0 heterocycles. The second-order valence-corrected chi connectivity index (χ2v) is 11.5. The van der Waals surface area contributed by atoms with Crippen LogP contribution in [0, 0.1) is 0 Å². The maximum absolute atomic E-state index is 13.5. The third-order valence-electron chi connectivity index (χ3n) is 5.96. The molecule has 0 aliphatic carbocycles. The first-order chi connectivity index (χ1) is 16.3. The highest BCUT2D eigenvalue weighted by molar-refractivity contribution is 7.92. The lowest BCUT2D eigenvalue weighted by molar-refractivity contribution is -0.139. The van der Waals surface area contributed by atoms with E-state index >= 15 is 0 Å². The molecule has 35 heavy (non-hydrogen) atoms. The van der Waals surface area contributed by atoms with Crippen LogP contribution in [0.25, 0.3) is 0 Å². The number of rotatable bonds is 11. The number of carbonyl (C=O) groups excluding carboxylic acids is 2. The van der Waals surface area contributed by atoms with Crippen LogP contribution in [-0.2, 0) is 26.2 Å². The Labute approximate surface area is 214 Å². The Balaban J connectivity index is 2.37. The van der Waals surface area contributed by atoms with Crippen LogP contribution in [0.5, 0.6) is 0 Å². The van der Waals surface area contributed by atoms with E-state index in [-0.39, 0.29) is 24.4 Å². The zero-order valence-corrected chi connectivity index (χ0v) is 22.9. The van der Waals surface area contributed by atoms with Gasteiger partial charge in [0.25, 0.3) is 0 Å². The quantitative estimate of drug-likeness (QED) is 0.469. The maximum Gasteiger partial charge on any atom is 0.244 e. The van der Waals surface area contributed by atoms with Gasteiger partial charge in [0.2, 0.25) is 21.8 Å². The van der Waals surface area contributed by atoms with Crippen LogP contribution < -0.4 is 9.62 Å². The predicted octanol–water partition coefficient (Wildman–Crippen LogP) is 4.56. The molecule has 0 bridgehead atoms. The van der Waals surface area contributed by atoms with Gasteiger partial charge in [-0.2, -0.15) is 0 Å². The first-order valence-corrected chi connectivity index (χ1v) is 14.0. The molecular weight excluding hydrogens is 486 g/mol. The summed E-state index contributed by atoms with van der Waals surface area (Å²) in [6.07, 6.45) is 1.82. The minimum Gasteiger partial charge on any atom is -0.352 e. The highest BCUT2D eigenvalue weighted by Gasteiger charge is 2.30. The molecule has 0 spiro atoms. The molecule has 0 aliphatic heterocycles. The number of nitrogens with zero attached hydrogens (tertiary/aromatic N) is 2. The Morgan fingerprint density at radius 3 is 2.03 bits per heavy atom. The topological polar surface area (TPSA) is 86.8 Å². The number of benzene rings is 2. The van der Waals surface area contributed by atoms with Crippen molar-refractivity contribution in [3.05, 3.63) is 64.7 Å². The van der Waals surface area contributed by atoms with Gasteiger partial charge in [-0.25, -0.2) is 8.42 Å². The molecule has 0 radical (unpaired) electrons. The molecule has 2 atom stereocenters. The number of nitrogens with one attached hydrogen (secondary N) is 1. The molecule has 0 aliphatic rings. The number of sulfonamides is 1. The third-order valence-corrected chi connectivity index (χ3v) is 7.35. The van der Waals surface area contributed by atoms with Crippen molar-refractivity contribution < 1.29 is 18.0 Å². The van der Waals surface area contributed by atoms with E-state index in [2.05, 4.69) is 5.32 Å². The predicted molar refractivity (Wildman–Crippen MR) is 142 cm³/mol. The van der Waals surface area contributed by atoms with Gasteiger partial charge >= 0.3 is 0 Å². The number of halogens is 1. The number of hydrogen-bond acceptors (Lipinski definition) is 4. The average Bonchev–Trinajstić information content (AvgIpc) is 2.80. The molecular formula is C26H36ClN3O4S. The number of hydrogen-bond donors (Lipinski definition) is 1. The summed E-state index contributed by atoms with van der Waals surface area (Å²) in [4.78, 5) is 27.8. The standard InChI is InChI=1S/C26H36ClN3O4S/c1-7-19(4)28-26(32)20(5)29(16-21-8-12-23(27)13-9-21)25(31)17-30(35(6,33)34)24-14-10-22(11-15-24)18(2)3/h8-15,18-20H,7,16-17H2,1-6H3,(H,28,32)/t19-,20-/m0/s1. The minimum absolute atomic E-state index is 0.0515. The smallest absolute Gasteiger partial charge is 0.244 e. The van der Waals surface area contributed by atoms with E-state index in [1.807, 2.05) is 39.8 Å². The van der Waals surface area contributed by atoms with Crippen molar-refractivity contribution >= 4 is 39.1 Å². The Morgan fingerprint density at radius 1 is 0.971 bits per heavy atom. The monoisotopic (exact) mass is 521 g/mol. The highest BCUT2D eigenvalue weighted by atomic mass is 35.5.